The van der Waals surface area contributed by atoms with Crippen molar-refractivity contribution >= 4 is 46.4 Å². The molecule has 0 amide bonds. The lowest BCUT2D eigenvalue weighted by atomic mass is 10.2. The van der Waals surface area contributed by atoms with Gasteiger partial charge in [0.15, 0.2) is 0 Å². The van der Waals surface area contributed by atoms with Crippen LogP contribution in [0.25, 0.3) is 5.95 Å². The molecule has 0 aliphatic heterocycles. The van der Waals surface area contributed by atoms with Crippen LogP contribution in [0.1, 0.15) is 97.6 Å². The van der Waals surface area contributed by atoms with E-state index in [2.05, 4.69) is 55.8 Å². The molecule has 3 aliphatic rings. The lowest BCUT2D eigenvalue weighted by Gasteiger charge is -2.15. The fourth-order valence-corrected chi connectivity index (χ4v) is 7.49. The van der Waals surface area contributed by atoms with Gasteiger partial charge in [0.05, 0.1) is 11.4 Å². The van der Waals surface area contributed by atoms with Crippen LogP contribution in [0, 0.1) is 48.5 Å². The number of aromatic amines is 1. The number of hydrogen-bond acceptors (Lipinski definition) is 11. The molecular formula is C40H52Cl3F6N13. The summed E-state index contributed by atoms with van der Waals surface area (Å²) in [5, 5.41) is 17.8. The first-order valence-corrected chi connectivity index (χ1v) is 21.0. The third kappa shape index (κ3) is 17.4. The molecule has 5 aromatic rings. The second kappa shape index (κ2) is 21.8. The first-order chi connectivity index (χ1) is 28.8. The Morgan fingerprint density at radius 3 is 1.45 bits per heavy atom. The molecule has 8 rings (SSSR count). The molecule has 0 bridgehead atoms. The molecule has 340 valence electrons. The first-order valence-electron chi connectivity index (χ1n) is 19.8. The first kappa shape index (κ1) is 50.3. The van der Waals surface area contributed by atoms with Gasteiger partial charge in [-0.1, -0.05) is 11.6 Å². The van der Waals surface area contributed by atoms with Crippen molar-refractivity contribution in [2.24, 2.45) is 5.73 Å². The molecule has 13 nitrogen and oxygen atoms in total. The van der Waals surface area contributed by atoms with Gasteiger partial charge in [-0.15, -0.1) is 0 Å². The number of rotatable bonds is 5. The zero-order valence-corrected chi connectivity index (χ0v) is 37.8. The van der Waals surface area contributed by atoms with Crippen molar-refractivity contribution in [1.82, 2.24) is 49.9 Å². The number of hydrogen-bond donors (Lipinski definition) is 4. The number of anilines is 2. The Morgan fingerprint density at radius 2 is 1.10 bits per heavy atom. The standard InChI is InChI=1S/C15H19F2N5.C10H12ClF2N3.C5H4Cl2N2.C5H9F2N.C5H8N2/c1-9-7-13(19-12-4-5-15(16,17)8-12)20-14(18-9)22-11(3)6-10(2)21-22;1-6-4-8(16-9(11)14-6)15-7-2-3-10(12,13)5-7;1-3-2-4(6)9-5(7)8-3;6-5(7)2-1-4(8)3-5;1-4-3-5(2)7-6-4/h6-7,12H,4-5,8H2,1-3H3,(H,18,19,20);4,7H,2-3,5H2,1H3,(H,14,15,16);2H,1H3;4H,1-3,8H2;3H,1-2H3,(H,6,7). The van der Waals surface area contributed by atoms with Crippen LogP contribution < -0.4 is 16.4 Å². The summed E-state index contributed by atoms with van der Waals surface area (Å²) in [4.78, 5) is 24.1. The highest BCUT2D eigenvalue weighted by atomic mass is 35.5. The quantitative estimate of drug-likeness (QED) is 0.0750. The smallest absolute Gasteiger partial charge is 0.252 e. The van der Waals surface area contributed by atoms with Crippen LogP contribution in [0.3, 0.4) is 0 Å². The van der Waals surface area contributed by atoms with E-state index in [-0.39, 0.29) is 67.2 Å². The fraction of sp³-hybridized carbons (Fsp3) is 0.550. The van der Waals surface area contributed by atoms with E-state index in [1.165, 1.54) is 0 Å². The summed E-state index contributed by atoms with van der Waals surface area (Å²) >= 11 is 16.6. The van der Waals surface area contributed by atoms with Crippen LogP contribution in [0.4, 0.5) is 38.0 Å². The maximum Gasteiger partial charge on any atom is 0.252 e. The second-order valence-electron chi connectivity index (χ2n) is 15.7. The van der Waals surface area contributed by atoms with Crippen molar-refractivity contribution in [2.45, 2.75) is 142 Å². The van der Waals surface area contributed by atoms with Crippen LogP contribution in [-0.2, 0) is 0 Å². The van der Waals surface area contributed by atoms with Gasteiger partial charge in [0.2, 0.25) is 28.3 Å². The summed E-state index contributed by atoms with van der Waals surface area (Å²) in [5.74, 6) is -6.04. The minimum atomic E-state index is -2.57. The van der Waals surface area contributed by atoms with Gasteiger partial charge in [-0.25, -0.2) is 55.9 Å². The van der Waals surface area contributed by atoms with E-state index in [1.54, 1.807) is 36.7 Å². The van der Waals surface area contributed by atoms with Crippen LogP contribution >= 0.6 is 34.8 Å². The third-order valence-electron chi connectivity index (χ3n) is 9.45. The van der Waals surface area contributed by atoms with Crippen molar-refractivity contribution in [2.75, 3.05) is 10.6 Å². The molecule has 5 aromatic heterocycles. The minimum absolute atomic E-state index is 0.0197. The van der Waals surface area contributed by atoms with E-state index in [4.69, 9.17) is 40.5 Å². The SMILES string of the molecule is Cc1cc(C)[nH]n1.Cc1cc(Cl)nc(Cl)n1.Cc1cc(NC2CCC(F)(F)C2)nc(-n2nc(C)cc2C)n1.Cc1cc(NC2CCC(F)(F)C2)nc(Cl)n1.NC1CCC(F)(F)C1. The zero-order valence-electron chi connectivity index (χ0n) is 35.5. The van der Waals surface area contributed by atoms with E-state index >= 15 is 0 Å². The van der Waals surface area contributed by atoms with Crippen molar-refractivity contribution in [3.8, 4) is 5.95 Å². The third-order valence-corrected chi connectivity index (χ3v) is 9.98. The van der Waals surface area contributed by atoms with Gasteiger partial charge < -0.3 is 16.4 Å². The zero-order chi connectivity index (χ0) is 46.0. The van der Waals surface area contributed by atoms with Gasteiger partial charge in [0.25, 0.3) is 5.95 Å². The number of alkyl halides is 6. The largest absolute Gasteiger partial charge is 0.367 e. The molecule has 5 heterocycles. The van der Waals surface area contributed by atoms with E-state index in [0.717, 1.165) is 34.2 Å². The van der Waals surface area contributed by atoms with Crippen molar-refractivity contribution < 1.29 is 26.3 Å². The average molecular weight is 935 g/mol. The maximum atomic E-state index is 13.3. The van der Waals surface area contributed by atoms with Crippen LogP contribution in [0.2, 0.25) is 15.7 Å². The van der Waals surface area contributed by atoms with E-state index in [0.29, 0.717) is 47.7 Å². The number of aromatic nitrogens is 10. The maximum absolute atomic E-state index is 13.3. The van der Waals surface area contributed by atoms with Crippen LogP contribution in [0.15, 0.2) is 30.3 Å². The molecular weight excluding hydrogens is 883 g/mol. The van der Waals surface area contributed by atoms with Crippen molar-refractivity contribution in [1.29, 1.82) is 0 Å². The lowest BCUT2D eigenvalue weighted by molar-refractivity contribution is 0.00743. The lowest BCUT2D eigenvalue weighted by Crippen LogP contribution is -2.20. The molecule has 3 atom stereocenters. The van der Waals surface area contributed by atoms with Crippen LogP contribution in [0.5, 0.6) is 0 Å². The van der Waals surface area contributed by atoms with Crippen LogP contribution in [-0.4, -0.2) is 85.8 Å². The monoisotopic (exact) mass is 933 g/mol. The molecule has 3 fully saturated rings. The summed E-state index contributed by atoms with van der Waals surface area (Å²) in [5.41, 5.74) is 11.5. The highest BCUT2D eigenvalue weighted by molar-refractivity contribution is 6.31. The van der Waals surface area contributed by atoms with E-state index in [1.807, 2.05) is 46.8 Å². The highest BCUT2D eigenvalue weighted by Crippen LogP contribution is 2.37. The van der Waals surface area contributed by atoms with Gasteiger partial charge in [-0.05, 0) is 109 Å². The molecule has 62 heavy (non-hydrogen) atoms. The Bertz CT molecular complexity index is 2130. The Hall–Kier alpha value is -4.33. The molecule has 3 aliphatic carbocycles. The Kier molecular flexibility index (Phi) is 17.7. The number of H-pyrrole nitrogens is 1. The predicted octanol–water partition coefficient (Wildman–Crippen LogP) is 10.5. The fourth-order valence-electron chi connectivity index (χ4n) is 6.76. The summed E-state index contributed by atoms with van der Waals surface area (Å²) in [7, 11) is 0. The normalized spacial score (nSPS) is 20.3. The Morgan fingerprint density at radius 1 is 0.597 bits per heavy atom. The topological polar surface area (TPSA) is 174 Å². The van der Waals surface area contributed by atoms with Gasteiger partial charge >= 0.3 is 0 Å². The number of nitrogens with two attached hydrogens (primary N) is 1. The van der Waals surface area contributed by atoms with Gasteiger partial charge in [0, 0.05) is 97.3 Å². The van der Waals surface area contributed by atoms with E-state index < -0.39 is 17.8 Å². The van der Waals surface area contributed by atoms with Gasteiger partial charge in [-0.2, -0.15) is 15.2 Å². The molecule has 0 spiro atoms. The average Bonchev–Trinajstić information content (AvgIpc) is 3.93. The molecule has 0 saturated heterocycles. The molecule has 5 N–H and O–H groups in total. The van der Waals surface area contributed by atoms with E-state index in [9.17, 15) is 26.3 Å². The minimum Gasteiger partial charge on any atom is -0.367 e. The molecule has 3 unspecified atom stereocenters. The van der Waals surface area contributed by atoms with Gasteiger partial charge in [-0.3, -0.25) is 5.10 Å². The number of nitrogens with one attached hydrogen (secondary N) is 3. The number of aryl methyl sites for hydroxylation is 7. The predicted molar refractivity (Wildman–Crippen MR) is 229 cm³/mol. The summed E-state index contributed by atoms with van der Waals surface area (Å²) in [6, 6.07) is 8.31. The molecule has 3 saturated carbocycles. The Balaban J connectivity index is 0.000000184. The molecule has 0 radical (unpaired) electrons. The number of nitrogens with zero attached hydrogens (tertiary/aromatic N) is 9. The summed E-state index contributed by atoms with van der Waals surface area (Å²) in [6.45, 7) is 13.2. The highest BCUT2D eigenvalue weighted by Gasteiger charge is 2.40. The summed E-state index contributed by atoms with van der Waals surface area (Å²) in [6.07, 6.45) is 0.813. The summed E-state index contributed by atoms with van der Waals surface area (Å²) < 4.78 is 78.4. The van der Waals surface area contributed by atoms with Gasteiger partial charge in [0.1, 0.15) is 16.8 Å². The Labute approximate surface area is 371 Å². The second-order valence-corrected chi connectivity index (χ2v) is 16.8. The van der Waals surface area contributed by atoms with Crippen molar-refractivity contribution in [3.63, 3.8) is 0 Å². The number of halogens is 9. The molecule has 22 heteroatoms. The molecule has 0 aromatic carbocycles. The van der Waals surface area contributed by atoms with Crippen molar-refractivity contribution in [3.05, 3.63) is 85.9 Å².